The van der Waals surface area contributed by atoms with Crippen molar-refractivity contribution in [3.8, 4) is 0 Å². The minimum Gasteiger partial charge on any atom is -0.348 e. The van der Waals surface area contributed by atoms with E-state index in [2.05, 4.69) is 27.5 Å². The minimum absolute atomic E-state index is 0.0526. The molecule has 29 heavy (non-hydrogen) atoms. The number of carbonyl (C=O) groups excluding carboxylic acids is 1. The third-order valence-electron chi connectivity index (χ3n) is 4.79. The standard InChI is InChI=1S/C24H22N4O/c29-24(23-9-5-4-8-22(23)14-19-6-2-1-3-7-19)26-15-20-10-12-21(13-11-20)16-28-18-25-17-27-28/h1-13,17-18H,14-16H2,(H,26,29). The molecule has 4 rings (SSSR count). The van der Waals surface area contributed by atoms with Crippen molar-refractivity contribution in [1.82, 2.24) is 20.1 Å². The lowest BCUT2D eigenvalue weighted by Gasteiger charge is -2.11. The van der Waals surface area contributed by atoms with Gasteiger partial charge in [0.1, 0.15) is 12.7 Å². The molecule has 1 amide bonds. The Balaban J connectivity index is 1.38. The van der Waals surface area contributed by atoms with Crippen LogP contribution in [0.25, 0.3) is 0 Å². The maximum atomic E-state index is 12.8. The van der Waals surface area contributed by atoms with Gasteiger partial charge in [0.05, 0.1) is 6.54 Å². The summed E-state index contributed by atoms with van der Waals surface area (Å²) in [5, 5.41) is 7.15. The second-order valence-corrected chi connectivity index (χ2v) is 6.91. The van der Waals surface area contributed by atoms with Crippen molar-refractivity contribution >= 4 is 5.91 Å². The van der Waals surface area contributed by atoms with Crippen LogP contribution in [0.1, 0.15) is 32.6 Å². The molecule has 1 heterocycles. The normalized spacial score (nSPS) is 10.6. The predicted octanol–water partition coefficient (Wildman–Crippen LogP) is 3.85. The summed E-state index contributed by atoms with van der Waals surface area (Å²) in [6.07, 6.45) is 3.96. The van der Waals surface area contributed by atoms with Gasteiger partial charge in [-0.25, -0.2) is 9.67 Å². The van der Waals surface area contributed by atoms with Gasteiger partial charge in [-0.15, -0.1) is 0 Å². The lowest BCUT2D eigenvalue weighted by Crippen LogP contribution is -2.24. The summed E-state index contributed by atoms with van der Waals surface area (Å²) in [7, 11) is 0. The fourth-order valence-corrected chi connectivity index (χ4v) is 3.25. The minimum atomic E-state index is -0.0526. The maximum absolute atomic E-state index is 12.8. The zero-order valence-electron chi connectivity index (χ0n) is 16.0. The molecule has 5 nitrogen and oxygen atoms in total. The van der Waals surface area contributed by atoms with Crippen LogP contribution in [0.15, 0.2) is 91.5 Å². The first-order chi connectivity index (χ1) is 14.3. The number of nitrogens with zero attached hydrogens (tertiary/aromatic N) is 3. The zero-order valence-corrected chi connectivity index (χ0v) is 16.0. The topological polar surface area (TPSA) is 59.8 Å². The van der Waals surface area contributed by atoms with E-state index in [-0.39, 0.29) is 5.91 Å². The van der Waals surface area contributed by atoms with Crippen molar-refractivity contribution in [1.29, 1.82) is 0 Å². The molecule has 1 aromatic heterocycles. The molecule has 144 valence electrons. The molecular weight excluding hydrogens is 360 g/mol. The molecule has 3 aromatic carbocycles. The second kappa shape index (κ2) is 8.97. The van der Waals surface area contributed by atoms with Gasteiger partial charge in [-0.3, -0.25) is 4.79 Å². The number of aromatic nitrogens is 3. The van der Waals surface area contributed by atoms with Crippen molar-refractivity contribution in [3.05, 3.63) is 119 Å². The number of amides is 1. The molecule has 0 saturated heterocycles. The number of rotatable bonds is 7. The van der Waals surface area contributed by atoms with Crippen LogP contribution in [0.3, 0.4) is 0 Å². The van der Waals surface area contributed by atoms with Gasteiger partial charge >= 0.3 is 0 Å². The van der Waals surface area contributed by atoms with Gasteiger partial charge in [0.2, 0.25) is 0 Å². The van der Waals surface area contributed by atoms with Crippen LogP contribution in [-0.2, 0) is 19.5 Å². The van der Waals surface area contributed by atoms with E-state index in [1.54, 1.807) is 11.0 Å². The first kappa shape index (κ1) is 18.6. The summed E-state index contributed by atoms with van der Waals surface area (Å²) in [4.78, 5) is 16.7. The summed E-state index contributed by atoms with van der Waals surface area (Å²) in [6, 6.07) is 26.1. The molecule has 0 aliphatic carbocycles. The second-order valence-electron chi connectivity index (χ2n) is 6.91. The van der Waals surface area contributed by atoms with E-state index in [0.29, 0.717) is 13.1 Å². The first-order valence-electron chi connectivity index (χ1n) is 9.58. The lowest BCUT2D eigenvalue weighted by molar-refractivity contribution is 0.0950. The summed E-state index contributed by atoms with van der Waals surface area (Å²) >= 11 is 0. The number of hydrogen-bond acceptors (Lipinski definition) is 3. The average Bonchev–Trinajstić information content (AvgIpc) is 3.27. The Morgan fingerprint density at radius 3 is 2.31 bits per heavy atom. The van der Waals surface area contributed by atoms with Crippen molar-refractivity contribution in [2.75, 3.05) is 0 Å². The molecule has 0 spiro atoms. The fourth-order valence-electron chi connectivity index (χ4n) is 3.25. The largest absolute Gasteiger partial charge is 0.348 e. The van der Waals surface area contributed by atoms with Crippen LogP contribution >= 0.6 is 0 Å². The molecule has 1 N–H and O–H groups in total. The molecule has 0 radical (unpaired) electrons. The summed E-state index contributed by atoms with van der Waals surface area (Å²) in [6.45, 7) is 1.17. The third-order valence-corrected chi connectivity index (χ3v) is 4.79. The zero-order chi connectivity index (χ0) is 19.9. The van der Waals surface area contributed by atoms with Crippen molar-refractivity contribution < 1.29 is 4.79 Å². The number of nitrogens with one attached hydrogen (secondary N) is 1. The molecular formula is C24H22N4O. The van der Waals surface area contributed by atoms with Crippen LogP contribution < -0.4 is 5.32 Å². The highest BCUT2D eigenvalue weighted by Gasteiger charge is 2.11. The highest BCUT2D eigenvalue weighted by molar-refractivity contribution is 5.95. The molecule has 0 aliphatic rings. The van der Waals surface area contributed by atoms with Crippen molar-refractivity contribution in [3.63, 3.8) is 0 Å². The molecule has 0 unspecified atom stereocenters. The van der Waals surface area contributed by atoms with Gasteiger partial charge in [0.15, 0.2) is 0 Å². The lowest BCUT2D eigenvalue weighted by atomic mass is 9.99. The Morgan fingerprint density at radius 2 is 1.55 bits per heavy atom. The van der Waals surface area contributed by atoms with Crippen LogP contribution in [0, 0.1) is 0 Å². The Kier molecular flexibility index (Phi) is 5.76. The Morgan fingerprint density at radius 1 is 0.828 bits per heavy atom. The van der Waals surface area contributed by atoms with Crippen LogP contribution in [0.2, 0.25) is 0 Å². The number of carbonyl (C=O) groups is 1. The molecule has 0 bridgehead atoms. The van der Waals surface area contributed by atoms with Crippen LogP contribution in [0.5, 0.6) is 0 Å². The molecule has 4 aromatic rings. The fraction of sp³-hybridized carbons (Fsp3) is 0.125. The van der Waals surface area contributed by atoms with E-state index in [0.717, 1.165) is 28.7 Å². The quantitative estimate of drug-likeness (QED) is 0.528. The molecule has 5 heteroatoms. The van der Waals surface area contributed by atoms with Gasteiger partial charge in [0.25, 0.3) is 5.91 Å². The predicted molar refractivity (Wildman–Crippen MR) is 112 cm³/mol. The Bertz CT molecular complexity index is 1060. The first-order valence-corrected chi connectivity index (χ1v) is 9.58. The Labute approximate surface area is 170 Å². The highest BCUT2D eigenvalue weighted by Crippen LogP contribution is 2.15. The SMILES string of the molecule is O=C(NCc1ccc(Cn2cncn2)cc1)c1ccccc1Cc1ccccc1. The van der Waals surface area contributed by atoms with E-state index in [1.807, 2.05) is 66.7 Å². The summed E-state index contributed by atoms with van der Waals surface area (Å²) in [5.41, 5.74) is 5.13. The van der Waals surface area contributed by atoms with Crippen LogP contribution in [0.4, 0.5) is 0 Å². The molecule has 0 aliphatic heterocycles. The van der Waals surface area contributed by atoms with Crippen molar-refractivity contribution in [2.45, 2.75) is 19.5 Å². The van der Waals surface area contributed by atoms with E-state index < -0.39 is 0 Å². The highest BCUT2D eigenvalue weighted by atomic mass is 16.1. The van der Waals surface area contributed by atoms with Crippen molar-refractivity contribution in [2.24, 2.45) is 0 Å². The van der Waals surface area contributed by atoms with Gasteiger partial charge in [-0.1, -0.05) is 72.8 Å². The van der Waals surface area contributed by atoms with Gasteiger partial charge in [-0.05, 0) is 34.7 Å². The molecule has 0 fully saturated rings. The smallest absolute Gasteiger partial charge is 0.251 e. The van der Waals surface area contributed by atoms with E-state index in [4.69, 9.17) is 0 Å². The van der Waals surface area contributed by atoms with Gasteiger partial charge in [-0.2, -0.15) is 5.10 Å². The van der Waals surface area contributed by atoms with E-state index in [9.17, 15) is 4.79 Å². The monoisotopic (exact) mass is 382 g/mol. The number of benzene rings is 3. The molecule has 0 saturated carbocycles. The summed E-state index contributed by atoms with van der Waals surface area (Å²) < 4.78 is 1.78. The van der Waals surface area contributed by atoms with Crippen LogP contribution in [-0.4, -0.2) is 20.7 Å². The molecule has 0 atom stereocenters. The van der Waals surface area contributed by atoms with Gasteiger partial charge in [0, 0.05) is 12.1 Å². The Hall–Kier alpha value is -3.73. The maximum Gasteiger partial charge on any atom is 0.251 e. The summed E-state index contributed by atoms with van der Waals surface area (Å²) in [5.74, 6) is -0.0526. The average molecular weight is 382 g/mol. The number of hydrogen-bond donors (Lipinski definition) is 1. The third kappa shape index (κ3) is 4.96. The van der Waals surface area contributed by atoms with Gasteiger partial charge < -0.3 is 5.32 Å². The van der Waals surface area contributed by atoms with E-state index in [1.165, 1.54) is 11.9 Å². The van der Waals surface area contributed by atoms with E-state index >= 15 is 0 Å².